The molecule has 1 fully saturated rings. The fourth-order valence-corrected chi connectivity index (χ4v) is 4.51. The first kappa shape index (κ1) is 20.7. The maximum absolute atomic E-state index is 14.2. The molecule has 1 aromatic heterocycles. The molecule has 32 heavy (non-hydrogen) atoms. The molecule has 164 valence electrons. The predicted octanol–water partition coefficient (Wildman–Crippen LogP) is 6.50. The van der Waals surface area contributed by atoms with E-state index in [1.54, 1.807) is 35.2 Å². The Labute approximate surface area is 186 Å². The summed E-state index contributed by atoms with van der Waals surface area (Å²) in [6.07, 6.45) is 0.221. The highest BCUT2D eigenvalue weighted by Gasteiger charge is 2.33. The van der Waals surface area contributed by atoms with Crippen LogP contribution in [0.1, 0.15) is 23.5 Å². The first-order chi connectivity index (χ1) is 15.4. The van der Waals surface area contributed by atoms with Crippen LogP contribution in [0, 0.1) is 5.82 Å². The van der Waals surface area contributed by atoms with Crippen LogP contribution < -0.4 is 4.74 Å². The summed E-state index contributed by atoms with van der Waals surface area (Å²) in [6, 6.07) is 14.7. The number of nitrogens with zero attached hydrogens (tertiary/aromatic N) is 1. The van der Waals surface area contributed by atoms with Gasteiger partial charge in [-0.2, -0.15) is 8.78 Å². The highest BCUT2D eigenvalue weighted by molar-refractivity contribution is 6.30. The monoisotopic (exact) mass is 459 g/mol. The third kappa shape index (κ3) is 3.66. The minimum atomic E-state index is -2.99. The van der Waals surface area contributed by atoms with Gasteiger partial charge >= 0.3 is 6.61 Å². The van der Waals surface area contributed by atoms with Crippen LogP contribution in [0.5, 0.6) is 5.75 Å². The fourth-order valence-electron chi connectivity index (χ4n) is 4.35. The van der Waals surface area contributed by atoms with Gasteiger partial charge in [-0.05, 0) is 29.8 Å². The summed E-state index contributed by atoms with van der Waals surface area (Å²) in [5.41, 5.74) is 1.94. The third-order valence-electron chi connectivity index (χ3n) is 5.77. The summed E-state index contributed by atoms with van der Waals surface area (Å²) < 4.78 is 50.6. The number of alkyl halides is 2. The normalized spacial score (nSPS) is 16.6. The van der Waals surface area contributed by atoms with E-state index in [9.17, 15) is 18.0 Å². The van der Waals surface area contributed by atoms with E-state index in [1.165, 1.54) is 12.1 Å². The van der Waals surface area contributed by atoms with Crippen LogP contribution in [-0.2, 0) is 11.3 Å². The fraction of sp³-hybridized carbons (Fsp3) is 0.208. The lowest BCUT2D eigenvalue weighted by Gasteiger charge is -2.18. The molecule has 0 aliphatic carbocycles. The number of rotatable bonds is 5. The van der Waals surface area contributed by atoms with Crippen molar-refractivity contribution in [1.29, 1.82) is 0 Å². The minimum Gasteiger partial charge on any atom is -0.452 e. The van der Waals surface area contributed by atoms with Crippen molar-refractivity contribution >= 4 is 39.4 Å². The molecule has 1 aliphatic rings. The van der Waals surface area contributed by atoms with Gasteiger partial charge in [0.1, 0.15) is 11.4 Å². The first-order valence-corrected chi connectivity index (χ1v) is 10.4. The van der Waals surface area contributed by atoms with E-state index < -0.39 is 12.4 Å². The molecule has 0 bridgehead atoms. The Morgan fingerprint density at radius 3 is 2.75 bits per heavy atom. The van der Waals surface area contributed by atoms with Crippen LogP contribution >= 0.6 is 11.6 Å². The zero-order valence-corrected chi connectivity index (χ0v) is 17.4. The summed E-state index contributed by atoms with van der Waals surface area (Å²) >= 11 is 5.82. The zero-order chi connectivity index (χ0) is 22.4. The number of carbonyl (C=O) groups is 1. The molecule has 4 aromatic rings. The van der Waals surface area contributed by atoms with E-state index in [2.05, 4.69) is 4.74 Å². The van der Waals surface area contributed by atoms with Gasteiger partial charge in [0.05, 0.1) is 0 Å². The second kappa shape index (κ2) is 8.06. The molecule has 1 amide bonds. The van der Waals surface area contributed by atoms with Crippen molar-refractivity contribution in [2.75, 3.05) is 6.54 Å². The van der Waals surface area contributed by atoms with Crippen molar-refractivity contribution in [1.82, 2.24) is 4.90 Å². The Kier molecular flexibility index (Phi) is 5.21. The van der Waals surface area contributed by atoms with Gasteiger partial charge in [0, 0.05) is 46.8 Å². The maximum Gasteiger partial charge on any atom is 0.387 e. The largest absolute Gasteiger partial charge is 0.452 e. The number of hydrogen-bond acceptors (Lipinski definition) is 3. The molecule has 2 heterocycles. The van der Waals surface area contributed by atoms with Crippen LogP contribution in [0.3, 0.4) is 0 Å². The standard InChI is InChI=1S/C24H17ClF3NO3/c25-15-6-5-13(18(26)10-15)11-29-12-14(9-21(29)30)16-7-8-20(32-24(27)28)23-22(16)17-3-1-2-4-19(17)31-23/h1-8,10,14,24H,9,11-12H2. The number of benzene rings is 3. The van der Waals surface area contributed by atoms with Crippen LogP contribution in [0.25, 0.3) is 21.9 Å². The van der Waals surface area contributed by atoms with Gasteiger partial charge in [0.25, 0.3) is 0 Å². The molecule has 0 saturated carbocycles. The van der Waals surface area contributed by atoms with Crippen LogP contribution in [-0.4, -0.2) is 24.0 Å². The van der Waals surface area contributed by atoms with E-state index in [4.69, 9.17) is 16.0 Å². The molecule has 0 spiro atoms. The summed E-state index contributed by atoms with van der Waals surface area (Å²) in [4.78, 5) is 14.3. The van der Waals surface area contributed by atoms with Crippen molar-refractivity contribution < 1.29 is 27.1 Å². The molecular weight excluding hydrogens is 443 g/mol. The van der Waals surface area contributed by atoms with Crippen molar-refractivity contribution in [2.45, 2.75) is 25.5 Å². The molecule has 1 aliphatic heterocycles. The molecule has 8 heteroatoms. The molecule has 4 nitrogen and oxygen atoms in total. The molecule has 1 unspecified atom stereocenters. The lowest BCUT2D eigenvalue weighted by molar-refractivity contribution is -0.128. The van der Waals surface area contributed by atoms with E-state index in [0.717, 1.165) is 10.9 Å². The molecule has 5 rings (SSSR count). The number of furan rings is 1. The van der Waals surface area contributed by atoms with Crippen LogP contribution in [0.15, 0.2) is 59.0 Å². The summed E-state index contributed by atoms with van der Waals surface area (Å²) in [5, 5.41) is 1.69. The van der Waals surface area contributed by atoms with Crippen molar-refractivity contribution in [3.63, 3.8) is 0 Å². The molecular formula is C24H17ClF3NO3. The summed E-state index contributed by atoms with van der Waals surface area (Å²) in [5.74, 6) is -0.843. The van der Waals surface area contributed by atoms with Gasteiger partial charge in [-0.1, -0.05) is 41.9 Å². The van der Waals surface area contributed by atoms with E-state index >= 15 is 0 Å². The van der Waals surface area contributed by atoms with E-state index in [-0.39, 0.29) is 41.1 Å². The number of hydrogen-bond donors (Lipinski definition) is 0. The van der Waals surface area contributed by atoms with Gasteiger partial charge in [-0.25, -0.2) is 4.39 Å². The van der Waals surface area contributed by atoms with Crippen molar-refractivity contribution in [2.24, 2.45) is 0 Å². The summed E-state index contributed by atoms with van der Waals surface area (Å²) in [7, 11) is 0. The van der Waals surface area contributed by atoms with Gasteiger partial charge in [-0.3, -0.25) is 4.79 Å². The zero-order valence-electron chi connectivity index (χ0n) is 16.7. The van der Waals surface area contributed by atoms with E-state index in [0.29, 0.717) is 23.1 Å². The van der Waals surface area contributed by atoms with Gasteiger partial charge in [0.15, 0.2) is 11.3 Å². The maximum atomic E-state index is 14.2. The Bertz CT molecular complexity index is 1340. The number of fused-ring (bicyclic) bond motifs is 3. The average molecular weight is 460 g/mol. The lowest BCUT2D eigenvalue weighted by Crippen LogP contribution is -2.25. The predicted molar refractivity (Wildman–Crippen MR) is 115 cm³/mol. The van der Waals surface area contributed by atoms with Gasteiger partial charge < -0.3 is 14.1 Å². The quantitative estimate of drug-likeness (QED) is 0.342. The molecule has 0 N–H and O–H groups in total. The van der Waals surface area contributed by atoms with Gasteiger partial charge in [0.2, 0.25) is 5.91 Å². The number of halogens is 4. The third-order valence-corrected chi connectivity index (χ3v) is 6.00. The number of ether oxygens (including phenoxy) is 1. The second-order valence-electron chi connectivity index (χ2n) is 7.74. The van der Waals surface area contributed by atoms with Gasteiger partial charge in [-0.15, -0.1) is 0 Å². The SMILES string of the molecule is O=C1CC(c2ccc(OC(F)F)c3oc4ccccc4c23)CN1Cc1ccc(Cl)cc1F. The van der Waals surface area contributed by atoms with Crippen LogP contribution in [0.2, 0.25) is 5.02 Å². The molecule has 1 atom stereocenters. The first-order valence-electron chi connectivity index (χ1n) is 10.0. The van der Waals surface area contributed by atoms with Crippen LogP contribution in [0.4, 0.5) is 13.2 Å². The molecule has 3 aromatic carbocycles. The second-order valence-corrected chi connectivity index (χ2v) is 8.18. The Morgan fingerprint density at radius 1 is 1.16 bits per heavy atom. The smallest absolute Gasteiger partial charge is 0.387 e. The van der Waals surface area contributed by atoms with Crippen molar-refractivity contribution in [3.05, 3.63) is 76.6 Å². The average Bonchev–Trinajstić information content (AvgIpc) is 3.31. The molecule has 1 saturated heterocycles. The minimum absolute atomic E-state index is 0.0561. The number of para-hydroxylation sites is 1. The Morgan fingerprint density at radius 2 is 1.97 bits per heavy atom. The number of likely N-dealkylation sites (tertiary alicyclic amines) is 1. The van der Waals surface area contributed by atoms with E-state index in [1.807, 2.05) is 12.1 Å². The lowest BCUT2D eigenvalue weighted by atomic mass is 9.93. The highest BCUT2D eigenvalue weighted by Crippen LogP contribution is 2.42. The summed E-state index contributed by atoms with van der Waals surface area (Å²) in [6.45, 7) is -2.50. The highest BCUT2D eigenvalue weighted by atomic mass is 35.5. The topological polar surface area (TPSA) is 42.7 Å². The Balaban J connectivity index is 1.53. The molecule has 0 radical (unpaired) electrons. The number of amides is 1. The number of carbonyl (C=O) groups excluding carboxylic acids is 1. The van der Waals surface area contributed by atoms with Crippen molar-refractivity contribution in [3.8, 4) is 5.75 Å². The Hall–Kier alpha value is -3.19.